The van der Waals surface area contributed by atoms with Crippen LogP contribution in [-0.2, 0) is 16.4 Å². The minimum atomic E-state index is -3.88. The predicted octanol–water partition coefficient (Wildman–Crippen LogP) is 5.57. The van der Waals surface area contributed by atoms with Crippen molar-refractivity contribution in [2.45, 2.75) is 56.6 Å². The van der Waals surface area contributed by atoms with E-state index in [2.05, 4.69) is 6.92 Å². The second-order valence-corrected chi connectivity index (χ2v) is 10.7. The summed E-state index contributed by atoms with van der Waals surface area (Å²) >= 11 is 0. The Balaban J connectivity index is 2.00. The molecule has 34 heavy (non-hydrogen) atoms. The fourth-order valence-corrected chi connectivity index (χ4v) is 5.91. The average Bonchev–Trinajstić information content (AvgIpc) is 2.86. The monoisotopic (exact) mass is 479 g/mol. The van der Waals surface area contributed by atoms with Gasteiger partial charge in [0.15, 0.2) is 15.6 Å². The number of carbonyl (C=O) groups is 1. The maximum Gasteiger partial charge on any atom is 0.194 e. The first kappa shape index (κ1) is 25.7. The molecule has 1 unspecified atom stereocenters. The molecule has 0 saturated carbocycles. The fourth-order valence-electron chi connectivity index (χ4n) is 3.86. The van der Waals surface area contributed by atoms with Crippen molar-refractivity contribution >= 4 is 15.6 Å². The summed E-state index contributed by atoms with van der Waals surface area (Å²) in [6.45, 7) is 4.24. The standard InChI is InChI=1S/C28H33NO4S/c1-3-5-18-28(29,4-2)21-34(31,32)26-19-24(33-20-22-12-8-6-9-13-22)16-17-25(26)27(30)23-14-10-7-11-15-23/h6-17,19H,3-5,18,20-21,29H2,1-2H3. The van der Waals surface area contributed by atoms with Gasteiger partial charge in [-0.3, -0.25) is 4.79 Å². The third-order valence-electron chi connectivity index (χ3n) is 6.03. The molecule has 0 radical (unpaired) electrons. The number of sulfone groups is 1. The summed E-state index contributed by atoms with van der Waals surface area (Å²) in [7, 11) is -3.88. The first-order valence-corrected chi connectivity index (χ1v) is 13.4. The van der Waals surface area contributed by atoms with Gasteiger partial charge >= 0.3 is 0 Å². The Morgan fingerprint density at radius 3 is 2.21 bits per heavy atom. The summed E-state index contributed by atoms with van der Waals surface area (Å²) in [6, 6.07) is 22.9. The van der Waals surface area contributed by atoms with Gasteiger partial charge in [-0.25, -0.2) is 8.42 Å². The number of hydrogen-bond donors (Lipinski definition) is 1. The second kappa shape index (κ2) is 11.4. The van der Waals surface area contributed by atoms with Crippen LogP contribution in [0.1, 0.15) is 61.0 Å². The lowest BCUT2D eigenvalue weighted by molar-refractivity contribution is 0.103. The molecule has 180 valence electrons. The number of nitrogens with two attached hydrogens (primary N) is 1. The third kappa shape index (κ3) is 6.55. The molecule has 1 atom stereocenters. The van der Waals surface area contributed by atoms with Crippen molar-refractivity contribution in [2.24, 2.45) is 5.73 Å². The molecule has 6 heteroatoms. The first-order chi connectivity index (χ1) is 16.3. The Bertz CT molecular complexity index is 1190. The van der Waals surface area contributed by atoms with Crippen LogP contribution < -0.4 is 10.5 Å². The summed E-state index contributed by atoms with van der Waals surface area (Å²) in [6.07, 6.45) is 2.90. The molecule has 5 nitrogen and oxygen atoms in total. The Morgan fingerprint density at radius 2 is 1.59 bits per heavy atom. The molecule has 0 amide bonds. The molecule has 3 aromatic rings. The van der Waals surface area contributed by atoms with Gasteiger partial charge in [-0.15, -0.1) is 0 Å². The number of ether oxygens (including phenoxy) is 1. The van der Waals surface area contributed by atoms with Gasteiger partial charge in [0.25, 0.3) is 0 Å². The molecule has 3 rings (SSSR count). The summed E-state index contributed by atoms with van der Waals surface area (Å²) in [5.74, 6) is -0.186. The molecular weight excluding hydrogens is 446 g/mol. The van der Waals surface area contributed by atoms with Crippen molar-refractivity contribution < 1.29 is 17.9 Å². The summed E-state index contributed by atoms with van der Waals surface area (Å²) in [5.41, 5.74) is 7.18. The molecule has 0 fully saturated rings. The molecular formula is C28H33NO4S. The van der Waals surface area contributed by atoms with Crippen molar-refractivity contribution in [3.8, 4) is 5.75 Å². The summed E-state index contributed by atoms with van der Waals surface area (Å²) in [5, 5.41) is 0. The SMILES string of the molecule is CCCCC(N)(CC)CS(=O)(=O)c1cc(OCc2ccccc2)ccc1C(=O)c1ccccc1. The Morgan fingerprint density at radius 1 is 0.941 bits per heavy atom. The lowest BCUT2D eigenvalue weighted by Crippen LogP contribution is -2.46. The molecule has 0 bridgehead atoms. The van der Waals surface area contributed by atoms with Crippen molar-refractivity contribution in [3.05, 3.63) is 95.6 Å². The van der Waals surface area contributed by atoms with Crippen LogP contribution >= 0.6 is 0 Å². The van der Waals surface area contributed by atoms with Crippen molar-refractivity contribution in [3.63, 3.8) is 0 Å². The van der Waals surface area contributed by atoms with E-state index < -0.39 is 15.4 Å². The zero-order valence-electron chi connectivity index (χ0n) is 19.9. The van der Waals surface area contributed by atoms with Crippen molar-refractivity contribution in [1.82, 2.24) is 0 Å². The normalized spacial score (nSPS) is 13.3. The molecule has 0 aromatic heterocycles. The van der Waals surface area contributed by atoms with Crippen LogP contribution in [0.4, 0.5) is 0 Å². The number of ketones is 1. The number of benzene rings is 3. The molecule has 0 heterocycles. The van der Waals surface area contributed by atoms with Crippen molar-refractivity contribution in [2.75, 3.05) is 5.75 Å². The van der Waals surface area contributed by atoms with Crippen LogP contribution in [0, 0.1) is 0 Å². The van der Waals surface area contributed by atoms with Gasteiger partial charge in [-0.2, -0.15) is 0 Å². The highest BCUT2D eigenvalue weighted by Crippen LogP contribution is 2.29. The molecule has 0 aliphatic heterocycles. The van der Waals surface area contributed by atoms with E-state index in [1.807, 2.05) is 43.3 Å². The zero-order chi connectivity index (χ0) is 24.6. The van der Waals surface area contributed by atoms with Crippen LogP contribution in [-0.4, -0.2) is 25.5 Å². The quantitative estimate of drug-likeness (QED) is 0.343. The summed E-state index contributed by atoms with van der Waals surface area (Å²) < 4.78 is 33.2. The van der Waals surface area contributed by atoms with Gasteiger partial charge < -0.3 is 10.5 Å². The van der Waals surface area contributed by atoms with E-state index in [0.29, 0.717) is 30.8 Å². The van der Waals surface area contributed by atoms with E-state index in [9.17, 15) is 13.2 Å². The van der Waals surface area contributed by atoms with Crippen LogP contribution in [0.2, 0.25) is 0 Å². The van der Waals surface area contributed by atoms with Gasteiger partial charge in [0.2, 0.25) is 0 Å². The molecule has 0 saturated heterocycles. The van der Waals surface area contributed by atoms with Crippen LogP contribution in [0.15, 0.2) is 83.8 Å². The highest BCUT2D eigenvalue weighted by molar-refractivity contribution is 7.91. The maximum atomic E-state index is 13.7. The third-order valence-corrected chi connectivity index (χ3v) is 7.99. The first-order valence-electron chi connectivity index (χ1n) is 11.7. The van der Waals surface area contributed by atoms with Crippen LogP contribution in [0.3, 0.4) is 0 Å². The number of rotatable bonds is 12. The minimum absolute atomic E-state index is 0.0355. The topological polar surface area (TPSA) is 86.5 Å². The number of unbranched alkanes of at least 4 members (excludes halogenated alkanes) is 1. The molecule has 0 aliphatic carbocycles. The smallest absolute Gasteiger partial charge is 0.194 e. The molecule has 2 N–H and O–H groups in total. The van der Waals surface area contributed by atoms with E-state index in [1.165, 1.54) is 6.07 Å². The fraction of sp³-hybridized carbons (Fsp3) is 0.321. The van der Waals surface area contributed by atoms with Gasteiger partial charge in [0.1, 0.15) is 12.4 Å². The van der Waals surface area contributed by atoms with Gasteiger partial charge in [0.05, 0.1) is 10.6 Å². The van der Waals surface area contributed by atoms with Gasteiger partial charge in [-0.05, 0) is 36.6 Å². The molecule has 3 aromatic carbocycles. The van der Waals surface area contributed by atoms with E-state index in [-0.39, 0.29) is 22.0 Å². The lowest BCUT2D eigenvalue weighted by atomic mass is 9.93. The number of hydrogen-bond acceptors (Lipinski definition) is 5. The lowest BCUT2D eigenvalue weighted by Gasteiger charge is -2.28. The Kier molecular flexibility index (Phi) is 8.64. The van der Waals surface area contributed by atoms with E-state index >= 15 is 0 Å². The van der Waals surface area contributed by atoms with E-state index in [0.717, 1.165) is 18.4 Å². The largest absolute Gasteiger partial charge is 0.489 e. The highest BCUT2D eigenvalue weighted by Gasteiger charge is 2.33. The molecule has 0 aliphatic rings. The van der Waals surface area contributed by atoms with Crippen LogP contribution in [0.5, 0.6) is 5.75 Å². The van der Waals surface area contributed by atoms with Gasteiger partial charge in [-0.1, -0.05) is 87.4 Å². The maximum absolute atomic E-state index is 13.7. The van der Waals surface area contributed by atoms with E-state index in [1.54, 1.807) is 36.4 Å². The van der Waals surface area contributed by atoms with Crippen LogP contribution in [0.25, 0.3) is 0 Å². The highest BCUT2D eigenvalue weighted by atomic mass is 32.2. The number of carbonyl (C=O) groups excluding carboxylic acids is 1. The Labute approximate surface area is 202 Å². The summed E-state index contributed by atoms with van der Waals surface area (Å²) in [4.78, 5) is 13.2. The minimum Gasteiger partial charge on any atom is -0.489 e. The van der Waals surface area contributed by atoms with Gasteiger partial charge in [0, 0.05) is 16.7 Å². The van der Waals surface area contributed by atoms with E-state index in [4.69, 9.17) is 10.5 Å². The average molecular weight is 480 g/mol. The second-order valence-electron chi connectivity index (χ2n) is 8.71. The van der Waals surface area contributed by atoms with Crippen molar-refractivity contribution in [1.29, 1.82) is 0 Å². The Hall–Kier alpha value is -2.96. The predicted molar refractivity (Wildman–Crippen MR) is 136 cm³/mol. The molecule has 0 spiro atoms. The zero-order valence-corrected chi connectivity index (χ0v) is 20.7.